The van der Waals surface area contributed by atoms with Crippen molar-refractivity contribution in [2.24, 2.45) is 0 Å². The third-order valence-electron chi connectivity index (χ3n) is 3.26. The molecule has 1 heterocycles. The van der Waals surface area contributed by atoms with E-state index in [1.807, 2.05) is 4.90 Å². The molecule has 0 N–H and O–H groups in total. The summed E-state index contributed by atoms with van der Waals surface area (Å²) in [6, 6.07) is 3.74. The Kier molecular flexibility index (Phi) is 3.76. The Balaban J connectivity index is 2.16. The third-order valence-corrected chi connectivity index (χ3v) is 3.26. The van der Waals surface area contributed by atoms with Gasteiger partial charge in [-0.05, 0) is 12.6 Å². The minimum Gasteiger partial charge on any atom is -0.369 e. The molecular formula is C12H16FN3O2. The van der Waals surface area contributed by atoms with Crippen LogP contribution < -0.4 is 4.90 Å². The van der Waals surface area contributed by atoms with E-state index < -0.39 is 10.7 Å². The number of halogens is 1. The number of likely N-dealkylation sites (N-methyl/N-ethyl adjacent to an activating group) is 1. The Hall–Kier alpha value is -1.69. The zero-order chi connectivity index (χ0) is 13.1. The second-order valence-corrected chi connectivity index (χ2v) is 4.35. The van der Waals surface area contributed by atoms with Crippen LogP contribution in [0.15, 0.2) is 18.2 Å². The second-order valence-electron chi connectivity index (χ2n) is 4.35. The van der Waals surface area contributed by atoms with Gasteiger partial charge in [0, 0.05) is 37.9 Å². The van der Waals surface area contributed by atoms with Crippen LogP contribution in [0.2, 0.25) is 0 Å². The second kappa shape index (κ2) is 5.30. The van der Waals surface area contributed by atoms with Gasteiger partial charge in [0.2, 0.25) is 0 Å². The molecule has 1 saturated heterocycles. The van der Waals surface area contributed by atoms with Crippen LogP contribution >= 0.6 is 0 Å². The van der Waals surface area contributed by atoms with Crippen LogP contribution in [-0.4, -0.2) is 42.5 Å². The molecule has 0 radical (unpaired) electrons. The molecule has 0 aromatic heterocycles. The van der Waals surface area contributed by atoms with Gasteiger partial charge in [-0.3, -0.25) is 10.1 Å². The van der Waals surface area contributed by atoms with Gasteiger partial charge in [0.15, 0.2) is 0 Å². The van der Waals surface area contributed by atoms with Crippen LogP contribution in [-0.2, 0) is 0 Å². The molecule has 0 spiro atoms. The Morgan fingerprint density at radius 3 is 2.50 bits per heavy atom. The summed E-state index contributed by atoms with van der Waals surface area (Å²) in [5.74, 6) is -0.558. The van der Waals surface area contributed by atoms with Gasteiger partial charge in [-0.25, -0.2) is 4.39 Å². The van der Waals surface area contributed by atoms with E-state index in [-0.39, 0.29) is 5.69 Å². The molecule has 0 amide bonds. The quantitative estimate of drug-likeness (QED) is 0.609. The molecule has 1 aliphatic heterocycles. The maximum Gasteiger partial charge on any atom is 0.274 e. The molecule has 0 aliphatic carbocycles. The van der Waals surface area contributed by atoms with Crippen LogP contribution in [0.5, 0.6) is 0 Å². The number of nitro benzene ring substituents is 1. The third kappa shape index (κ3) is 2.76. The molecular weight excluding hydrogens is 237 g/mol. The molecule has 0 bridgehead atoms. The predicted octanol–water partition coefficient (Wildman–Crippen LogP) is 1.88. The van der Waals surface area contributed by atoms with Crippen LogP contribution in [0.3, 0.4) is 0 Å². The fourth-order valence-corrected chi connectivity index (χ4v) is 2.17. The van der Waals surface area contributed by atoms with Crippen molar-refractivity contribution in [2.75, 3.05) is 37.6 Å². The van der Waals surface area contributed by atoms with Gasteiger partial charge in [-0.1, -0.05) is 6.92 Å². The fourth-order valence-electron chi connectivity index (χ4n) is 2.17. The highest BCUT2D eigenvalue weighted by Crippen LogP contribution is 2.24. The first-order valence-electron chi connectivity index (χ1n) is 6.02. The van der Waals surface area contributed by atoms with Gasteiger partial charge in [0.25, 0.3) is 5.69 Å². The molecule has 18 heavy (non-hydrogen) atoms. The topological polar surface area (TPSA) is 49.6 Å². The van der Waals surface area contributed by atoms with E-state index in [0.29, 0.717) is 5.69 Å². The molecule has 2 rings (SSSR count). The summed E-state index contributed by atoms with van der Waals surface area (Å²) < 4.78 is 13.3. The van der Waals surface area contributed by atoms with Gasteiger partial charge in [0.1, 0.15) is 5.82 Å². The smallest absolute Gasteiger partial charge is 0.274 e. The largest absolute Gasteiger partial charge is 0.369 e. The van der Waals surface area contributed by atoms with Gasteiger partial charge in [0.05, 0.1) is 11.0 Å². The summed E-state index contributed by atoms with van der Waals surface area (Å²) in [7, 11) is 0. The van der Waals surface area contributed by atoms with E-state index in [4.69, 9.17) is 0 Å². The number of anilines is 1. The first-order valence-corrected chi connectivity index (χ1v) is 6.02. The Bertz CT molecular complexity index is 445. The Labute approximate surface area is 105 Å². The molecule has 0 saturated carbocycles. The molecule has 98 valence electrons. The zero-order valence-corrected chi connectivity index (χ0v) is 10.3. The van der Waals surface area contributed by atoms with Crippen LogP contribution in [0, 0.1) is 15.9 Å². The average molecular weight is 253 g/mol. The number of hydrogen-bond donors (Lipinski definition) is 0. The molecule has 6 heteroatoms. The fraction of sp³-hybridized carbons (Fsp3) is 0.500. The van der Waals surface area contributed by atoms with Crippen molar-refractivity contribution in [2.45, 2.75) is 6.92 Å². The summed E-state index contributed by atoms with van der Waals surface area (Å²) in [4.78, 5) is 14.4. The van der Waals surface area contributed by atoms with Gasteiger partial charge in [-0.15, -0.1) is 0 Å². The van der Waals surface area contributed by atoms with Crippen molar-refractivity contribution in [1.82, 2.24) is 4.90 Å². The van der Waals surface area contributed by atoms with E-state index in [0.717, 1.165) is 38.8 Å². The summed E-state index contributed by atoms with van der Waals surface area (Å²) in [5, 5.41) is 10.7. The van der Waals surface area contributed by atoms with E-state index in [1.165, 1.54) is 12.1 Å². The Morgan fingerprint density at radius 1 is 1.28 bits per heavy atom. The molecule has 1 aromatic carbocycles. The number of hydrogen-bond acceptors (Lipinski definition) is 4. The first-order chi connectivity index (χ1) is 8.60. The summed E-state index contributed by atoms with van der Waals surface area (Å²) >= 11 is 0. The number of nitro groups is 1. The number of benzene rings is 1. The summed E-state index contributed by atoms with van der Waals surface area (Å²) in [6.45, 7) is 6.45. The zero-order valence-electron chi connectivity index (χ0n) is 10.3. The van der Waals surface area contributed by atoms with Crippen LogP contribution in [0.1, 0.15) is 6.92 Å². The maximum absolute atomic E-state index is 13.3. The minimum absolute atomic E-state index is 0.192. The molecule has 1 aliphatic rings. The van der Waals surface area contributed by atoms with Crippen LogP contribution in [0.25, 0.3) is 0 Å². The standard InChI is InChI=1S/C12H16FN3O2/c1-2-14-3-5-15(6-4-14)11-7-10(13)8-12(9-11)16(17)18/h7-9H,2-6H2,1H3. The van der Waals surface area contributed by atoms with Gasteiger partial charge < -0.3 is 9.80 Å². The lowest BCUT2D eigenvalue weighted by molar-refractivity contribution is -0.385. The van der Waals surface area contributed by atoms with Crippen molar-refractivity contribution in [1.29, 1.82) is 0 Å². The van der Waals surface area contributed by atoms with Gasteiger partial charge in [-0.2, -0.15) is 0 Å². The van der Waals surface area contributed by atoms with Crippen molar-refractivity contribution in [3.8, 4) is 0 Å². The van der Waals surface area contributed by atoms with E-state index >= 15 is 0 Å². The van der Waals surface area contributed by atoms with Crippen LogP contribution in [0.4, 0.5) is 15.8 Å². The van der Waals surface area contributed by atoms with Crippen molar-refractivity contribution < 1.29 is 9.31 Å². The highest BCUT2D eigenvalue weighted by atomic mass is 19.1. The van der Waals surface area contributed by atoms with Crippen molar-refractivity contribution in [3.63, 3.8) is 0 Å². The van der Waals surface area contributed by atoms with E-state index in [2.05, 4.69) is 11.8 Å². The Morgan fingerprint density at radius 2 is 1.94 bits per heavy atom. The lowest BCUT2D eigenvalue weighted by Crippen LogP contribution is -2.46. The molecule has 5 nitrogen and oxygen atoms in total. The molecule has 1 aromatic rings. The van der Waals surface area contributed by atoms with Crippen molar-refractivity contribution in [3.05, 3.63) is 34.1 Å². The number of rotatable bonds is 3. The number of nitrogens with zero attached hydrogens (tertiary/aromatic N) is 3. The summed E-state index contributed by atoms with van der Waals surface area (Å²) in [6.07, 6.45) is 0. The highest BCUT2D eigenvalue weighted by molar-refractivity contribution is 5.54. The lowest BCUT2D eigenvalue weighted by atomic mass is 10.2. The SMILES string of the molecule is CCN1CCN(c2cc(F)cc([N+](=O)[O-])c2)CC1. The average Bonchev–Trinajstić information content (AvgIpc) is 2.38. The number of piperazine rings is 1. The molecule has 0 atom stereocenters. The first kappa shape index (κ1) is 12.8. The van der Waals surface area contributed by atoms with Gasteiger partial charge >= 0.3 is 0 Å². The highest BCUT2D eigenvalue weighted by Gasteiger charge is 2.19. The maximum atomic E-state index is 13.3. The van der Waals surface area contributed by atoms with E-state index in [1.54, 1.807) is 0 Å². The minimum atomic E-state index is -0.561. The predicted molar refractivity (Wildman–Crippen MR) is 67.4 cm³/mol. The van der Waals surface area contributed by atoms with E-state index in [9.17, 15) is 14.5 Å². The lowest BCUT2D eigenvalue weighted by Gasteiger charge is -2.35. The number of non-ortho nitro benzene ring substituents is 1. The summed E-state index contributed by atoms with van der Waals surface area (Å²) in [5.41, 5.74) is 0.403. The molecule has 1 fully saturated rings. The van der Waals surface area contributed by atoms with Crippen molar-refractivity contribution >= 4 is 11.4 Å². The molecule has 0 unspecified atom stereocenters. The monoisotopic (exact) mass is 253 g/mol. The normalized spacial score (nSPS) is 16.9.